The van der Waals surface area contributed by atoms with E-state index >= 15 is 0 Å². The molecule has 5 nitrogen and oxygen atoms in total. The van der Waals surface area contributed by atoms with Crippen molar-refractivity contribution in [1.29, 1.82) is 0 Å². The fraction of sp³-hybridized carbons (Fsp3) is 0.667. The predicted octanol–water partition coefficient (Wildman–Crippen LogP) is 1.68. The van der Waals surface area contributed by atoms with Gasteiger partial charge in [-0.2, -0.15) is 0 Å². The molecule has 110 valence electrons. The number of fused-ring (bicyclic) bond motifs is 3. The lowest BCUT2D eigenvalue weighted by atomic mass is 9.60. The summed E-state index contributed by atoms with van der Waals surface area (Å²) in [7, 11) is 0. The second kappa shape index (κ2) is 4.69. The molecule has 3 aliphatic rings. The van der Waals surface area contributed by atoms with E-state index in [9.17, 15) is 9.90 Å². The van der Waals surface area contributed by atoms with Gasteiger partial charge in [-0.15, -0.1) is 0 Å². The van der Waals surface area contributed by atoms with Gasteiger partial charge in [0.1, 0.15) is 11.7 Å². The monoisotopic (exact) mass is 280 g/mol. The molecule has 1 aliphatic heterocycles. The number of allylic oxidation sites excluding steroid dienone is 1. The van der Waals surface area contributed by atoms with Gasteiger partial charge in [-0.1, -0.05) is 19.6 Å². The highest BCUT2D eigenvalue weighted by molar-refractivity contribution is 5.91. The van der Waals surface area contributed by atoms with Crippen molar-refractivity contribution in [1.82, 2.24) is 0 Å². The van der Waals surface area contributed by atoms with Gasteiger partial charge >= 0.3 is 5.97 Å². The standard InChI is InChI=1S/C15H20O5/c1-8-3-4-10(7-19-18)12-6-5-11-9(2)14(16)20-13(11)15(8,12)17/h6,8,10-11,13,17-18H,2-5,7H2,1H3/t8-,10+,11+,13+,15+/m1/s1. The summed E-state index contributed by atoms with van der Waals surface area (Å²) in [6, 6.07) is 0. The maximum Gasteiger partial charge on any atom is 0.334 e. The quantitative estimate of drug-likeness (QED) is 0.265. The minimum atomic E-state index is -1.17. The van der Waals surface area contributed by atoms with Crippen LogP contribution in [0, 0.1) is 17.8 Å². The van der Waals surface area contributed by atoms with Gasteiger partial charge in [0.15, 0.2) is 0 Å². The van der Waals surface area contributed by atoms with Crippen LogP contribution >= 0.6 is 0 Å². The summed E-state index contributed by atoms with van der Waals surface area (Å²) in [5.74, 6) is -0.590. The Morgan fingerprint density at radius 3 is 3.00 bits per heavy atom. The molecule has 0 aromatic heterocycles. The van der Waals surface area contributed by atoms with Gasteiger partial charge in [-0.3, -0.25) is 5.26 Å². The molecule has 1 saturated heterocycles. The summed E-state index contributed by atoms with van der Waals surface area (Å²) in [6.07, 6.45) is 3.71. The minimum absolute atomic E-state index is 0.00445. The molecule has 0 unspecified atom stereocenters. The molecule has 5 atom stereocenters. The van der Waals surface area contributed by atoms with Gasteiger partial charge in [0.2, 0.25) is 0 Å². The van der Waals surface area contributed by atoms with Crippen LogP contribution in [0.4, 0.5) is 0 Å². The zero-order valence-electron chi connectivity index (χ0n) is 11.5. The zero-order valence-corrected chi connectivity index (χ0v) is 11.5. The molecule has 0 bridgehead atoms. The van der Waals surface area contributed by atoms with Crippen LogP contribution in [-0.2, 0) is 14.4 Å². The molecule has 0 amide bonds. The third-order valence-corrected chi connectivity index (χ3v) is 5.21. The molecule has 1 saturated carbocycles. The Morgan fingerprint density at radius 2 is 2.30 bits per heavy atom. The third kappa shape index (κ3) is 1.70. The van der Waals surface area contributed by atoms with E-state index in [0.717, 1.165) is 18.4 Å². The lowest BCUT2D eigenvalue weighted by molar-refractivity contribution is -0.253. The highest BCUT2D eigenvalue weighted by atomic mass is 17.1. The summed E-state index contributed by atoms with van der Waals surface area (Å²) < 4.78 is 5.41. The van der Waals surface area contributed by atoms with E-state index < -0.39 is 17.7 Å². The van der Waals surface area contributed by atoms with E-state index in [0.29, 0.717) is 12.0 Å². The van der Waals surface area contributed by atoms with Crippen molar-refractivity contribution in [2.45, 2.75) is 37.9 Å². The molecule has 0 radical (unpaired) electrons. The second-order valence-corrected chi connectivity index (χ2v) is 6.15. The molecule has 2 N–H and O–H groups in total. The average molecular weight is 280 g/mol. The first kappa shape index (κ1) is 13.8. The van der Waals surface area contributed by atoms with Crippen LogP contribution in [0.5, 0.6) is 0 Å². The topological polar surface area (TPSA) is 76.0 Å². The fourth-order valence-corrected chi connectivity index (χ4v) is 4.00. The predicted molar refractivity (Wildman–Crippen MR) is 70.6 cm³/mol. The minimum Gasteiger partial charge on any atom is -0.455 e. The Kier molecular flexibility index (Phi) is 3.23. The smallest absolute Gasteiger partial charge is 0.334 e. The van der Waals surface area contributed by atoms with Crippen LogP contribution in [0.15, 0.2) is 23.8 Å². The number of aliphatic hydroxyl groups is 1. The maximum atomic E-state index is 11.8. The lowest BCUT2D eigenvalue weighted by Gasteiger charge is -2.50. The van der Waals surface area contributed by atoms with E-state index in [1.807, 2.05) is 13.0 Å². The van der Waals surface area contributed by atoms with Crippen molar-refractivity contribution < 1.29 is 24.8 Å². The maximum absolute atomic E-state index is 11.8. The van der Waals surface area contributed by atoms with Crippen LogP contribution in [0.1, 0.15) is 26.2 Å². The van der Waals surface area contributed by atoms with Crippen molar-refractivity contribution in [3.63, 3.8) is 0 Å². The summed E-state index contributed by atoms with van der Waals surface area (Å²) >= 11 is 0. The summed E-state index contributed by atoms with van der Waals surface area (Å²) in [5, 5.41) is 20.0. The molecule has 1 heterocycles. The average Bonchev–Trinajstić information content (AvgIpc) is 2.71. The first-order chi connectivity index (χ1) is 9.50. The molecule has 3 rings (SSSR count). The molecular weight excluding hydrogens is 260 g/mol. The van der Waals surface area contributed by atoms with Gasteiger partial charge in [0.05, 0.1) is 6.61 Å². The molecule has 2 fully saturated rings. The van der Waals surface area contributed by atoms with Gasteiger partial charge in [0.25, 0.3) is 0 Å². The van der Waals surface area contributed by atoms with Crippen molar-refractivity contribution in [2.75, 3.05) is 6.61 Å². The molecule has 0 aromatic rings. The Morgan fingerprint density at radius 1 is 1.55 bits per heavy atom. The molecule has 0 aromatic carbocycles. The van der Waals surface area contributed by atoms with Crippen LogP contribution in [0.3, 0.4) is 0 Å². The van der Waals surface area contributed by atoms with Crippen molar-refractivity contribution >= 4 is 5.97 Å². The first-order valence-electron chi connectivity index (χ1n) is 7.09. The number of hydrogen-bond acceptors (Lipinski definition) is 5. The number of hydrogen-bond donors (Lipinski definition) is 2. The number of carbonyl (C=O) groups is 1. The van der Waals surface area contributed by atoms with Crippen LogP contribution < -0.4 is 0 Å². The SMILES string of the molecule is C=C1C(=O)O[C@H]2[C@H]1CC=C1[C@H](COO)CC[C@@H](C)[C@]12O. The third-order valence-electron chi connectivity index (χ3n) is 5.21. The normalized spacial score (nSPS) is 43.6. The first-order valence-corrected chi connectivity index (χ1v) is 7.09. The summed E-state index contributed by atoms with van der Waals surface area (Å²) in [6.45, 7) is 5.92. The van der Waals surface area contributed by atoms with Crippen molar-refractivity contribution in [3.8, 4) is 0 Å². The fourth-order valence-electron chi connectivity index (χ4n) is 4.00. The van der Waals surface area contributed by atoms with Crippen molar-refractivity contribution in [3.05, 3.63) is 23.8 Å². The molecule has 5 heteroatoms. The van der Waals surface area contributed by atoms with Gasteiger partial charge in [-0.25, -0.2) is 9.68 Å². The van der Waals surface area contributed by atoms with E-state index in [4.69, 9.17) is 9.99 Å². The van der Waals surface area contributed by atoms with Crippen molar-refractivity contribution in [2.24, 2.45) is 17.8 Å². The highest BCUT2D eigenvalue weighted by Gasteiger charge is 2.59. The van der Waals surface area contributed by atoms with E-state index in [-0.39, 0.29) is 24.4 Å². The second-order valence-electron chi connectivity index (χ2n) is 6.15. The molecular formula is C15H20O5. The summed E-state index contributed by atoms with van der Waals surface area (Å²) in [4.78, 5) is 16.0. The van der Waals surface area contributed by atoms with Gasteiger partial charge < -0.3 is 9.84 Å². The Hall–Kier alpha value is -1.17. The molecule has 0 spiro atoms. The highest BCUT2D eigenvalue weighted by Crippen LogP contribution is 2.52. The van der Waals surface area contributed by atoms with Crippen LogP contribution in [0.25, 0.3) is 0 Å². The van der Waals surface area contributed by atoms with Crippen LogP contribution in [0.2, 0.25) is 0 Å². The Labute approximate surface area is 117 Å². The lowest BCUT2D eigenvalue weighted by Crippen LogP contribution is -2.57. The summed E-state index contributed by atoms with van der Waals surface area (Å²) in [5.41, 5.74) is 0.125. The van der Waals surface area contributed by atoms with E-state index in [2.05, 4.69) is 11.5 Å². The van der Waals surface area contributed by atoms with Gasteiger partial charge in [-0.05, 0) is 30.8 Å². The number of ether oxygens (including phenoxy) is 1. The Bertz CT molecular complexity index is 483. The van der Waals surface area contributed by atoms with E-state index in [1.165, 1.54) is 0 Å². The zero-order chi connectivity index (χ0) is 14.5. The molecule has 20 heavy (non-hydrogen) atoms. The number of esters is 1. The van der Waals surface area contributed by atoms with E-state index in [1.54, 1.807) is 0 Å². The van der Waals surface area contributed by atoms with Gasteiger partial charge in [0, 0.05) is 17.4 Å². The number of rotatable bonds is 2. The number of carbonyl (C=O) groups excluding carboxylic acids is 1. The largest absolute Gasteiger partial charge is 0.455 e. The van der Waals surface area contributed by atoms with Crippen LogP contribution in [-0.4, -0.2) is 34.6 Å². The Balaban J connectivity index is 2.01. The molecule has 2 aliphatic carbocycles.